The van der Waals surface area contributed by atoms with Crippen LogP contribution in [0.15, 0.2) is 26.3 Å². The van der Waals surface area contributed by atoms with E-state index in [0.717, 1.165) is 12.1 Å². The fourth-order valence-corrected chi connectivity index (χ4v) is 2.66. The number of aliphatic carboxylic acids is 1. The minimum atomic E-state index is -4.13. The average molecular weight is 322 g/mol. The van der Waals surface area contributed by atoms with Gasteiger partial charge in [-0.3, -0.25) is 9.59 Å². The minimum absolute atomic E-state index is 0.00262. The predicted molar refractivity (Wildman–Crippen MR) is 67.7 cm³/mol. The molecule has 8 nitrogen and oxygen atoms in total. The van der Waals surface area contributed by atoms with Crippen LogP contribution in [0, 0.1) is 0 Å². The van der Waals surface area contributed by atoms with Crippen molar-refractivity contribution in [3.05, 3.63) is 22.5 Å². The first kappa shape index (κ1) is 14.4. The first-order valence-corrected chi connectivity index (χ1v) is 7.43. The molecule has 1 aromatic carbocycles. The number of carbonyl (C=O) groups is 1. The van der Waals surface area contributed by atoms with Gasteiger partial charge < -0.3 is 14.4 Å². The Labute approximate surface area is 116 Å². The van der Waals surface area contributed by atoms with Crippen LogP contribution in [0.1, 0.15) is 0 Å². The summed E-state index contributed by atoms with van der Waals surface area (Å²) in [5.41, 5.74) is -0.774. The van der Waals surface area contributed by atoms with Crippen LogP contribution in [0.25, 0.3) is 11.0 Å². The third-order valence-electron chi connectivity index (χ3n) is 2.47. The molecule has 0 amide bonds. The third-order valence-corrected chi connectivity index (χ3v) is 3.82. The molecule has 1 N–H and O–H groups in total. The van der Waals surface area contributed by atoms with E-state index in [2.05, 4.69) is 0 Å². The van der Waals surface area contributed by atoms with Gasteiger partial charge in [-0.25, -0.2) is 8.42 Å². The van der Waals surface area contributed by atoms with Crippen molar-refractivity contribution < 1.29 is 27.6 Å². The molecule has 10 heteroatoms. The number of benzene rings is 1. The highest BCUT2D eigenvalue weighted by Crippen LogP contribution is 2.30. The van der Waals surface area contributed by atoms with Crippen LogP contribution < -0.4 is 10.3 Å². The van der Waals surface area contributed by atoms with Crippen LogP contribution >= 0.6 is 10.7 Å². The zero-order valence-corrected chi connectivity index (χ0v) is 11.6. The molecule has 108 valence electrons. The van der Waals surface area contributed by atoms with E-state index in [9.17, 15) is 18.0 Å². The van der Waals surface area contributed by atoms with Gasteiger partial charge in [0, 0.05) is 16.7 Å². The summed E-state index contributed by atoms with van der Waals surface area (Å²) in [7, 11) is 2.34. The first-order valence-electron chi connectivity index (χ1n) is 5.12. The van der Waals surface area contributed by atoms with Crippen LogP contribution in [0.5, 0.6) is 5.75 Å². The number of rotatable bonds is 4. The van der Waals surface area contributed by atoms with Crippen molar-refractivity contribution in [2.45, 2.75) is 11.4 Å². The predicted octanol–water partition coefficient (Wildman–Crippen LogP) is 0.615. The zero-order chi connectivity index (χ0) is 15.1. The Balaban J connectivity index is 2.78. The summed E-state index contributed by atoms with van der Waals surface area (Å²) in [6.07, 6.45) is 0. The lowest BCUT2D eigenvalue weighted by molar-refractivity contribution is -0.138. The number of carboxylic acids is 1. The van der Waals surface area contributed by atoms with Crippen molar-refractivity contribution in [1.82, 2.24) is 4.74 Å². The summed E-state index contributed by atoms with van der Waals surface area (Å²) < 4.78 is 33.3. The van der Waals surface area contributed by atoms with Crippen LogP contribution in [-0.2, 0) is 20.4 Å². The van der Waals surface area contributed by atoms with Gasteiger partial charge in [0.1, 0.15) is 10.6 Å². The number of hydrogen-bond donors (Lipinski definition) is 1. The van der Waals surface area contributed by atoms with Gasteiger partial charge in [0.15, 0.2) is 12.1 Å². The molecule has 0 unspecified atom stereocenters. The van der Waals surface area contributed by atoms with Crippen molar-refractivity contribution >= 4 is 36.7 Å². The number of ether oxygens (including phenoxy) is 1. The van der Waals surface area contributed by atoms with E-state index < -0.39 is 32.0 Å². The lowest BCUT2D eigenvalue weighted by Crippen LogP contribution is -2.19. The zero-order valence-electron chi connectivity index (χ0n) is 9.99. The second-order valence-corrected chi connectivity index (χ2v) is 6.30. The molecule has 0 spiro atoms. The molecule has 0 bridgehead atoms. The van der Waals surface area contributed by atoms with Gasteiger partial charge in [0.05, 0.1) is 12.5 Å². The number of hydrogen-bond acceptors (Lipinski definition) is 6. The number of carboxylic acid groups (broad SMARTS) is 1. The van der Waals surface area contributed by atoms with Gasteiger partial charge in [-0.1, -0.05) is 0 Å². The molecule has 0 aliphatic rings. The fraction of sp³-hybridized carbons (Fsp3) is 0.200. The largest absolute Gasteiger partial charge is 0.495 e. The van der Waals surface area contributed by atoms with E-state index in [1.807, 2.05) is 0 Å². The Bertz CT molecular complexity index is 848. The van der Waals surface area contributed by atoms with Crippen molar-refractivity contribution in [2.24, 2.45) is 0 Å². The average Bonchev–Trinajstić information content (AvgIpc) is 2.62. The molecule has 0 radical (unpaired) electrons. The number of nitrogens with zero attached hydrogens (tertiary/aromatic N) is 1. The Morgan fingerprint density at radius 2 is 2.15 bits per heavy atom. The Kier molecular flexibility index (Phi) is 3.48. The van der Waals surface area contributed by atoms with E-state index in [1.165, 1.54) is 7.11 Å². The minimum Gasteiger partial charge on any atom is -0.495 e. The Morgan fingerprint density at radius 3 is 2.65 bits per heavy atom. The molecule has 2 rings (SSSR count). The van der Waals surface area contributed by atoms with Gasteiger partial charge >= 0.3 is 5.97 Å². The molecule has 1 heterocycles. The SMILES string of the molecule is COc1cc2on(CC(=O)O)c(=O)c2cc1S(=O)(=O)Cl. The van der Waals surface area contributed by atoms with E-state index in [-0.39, 0.29) is 16.7 Å². The van der Waals surface area contributed by atoms with Crippen molar-refractivity contribution in [3.8, 4) is 5.75 Å². The van der Waals surface area contributed by atoms with Gasteiger partial charge in [-0.2, -0.15) is 4.74 Å². The molecule has 0 saturated carbocycles. The van der Waals surface area contributed by atoms with E-state index in [4.69, 9.17) is 25.0 Å². The van der Waals surface area contributed by atoms with E-state index >= 15 is 0 Å². The molecule has 0 aliphatic carbocycles. The number of fused-ring (bicyclic) bond motifs is 1. The van der Waals surface area contributed by atoms with Gasteiger partial charge in [-0.05, 0) is 6.07 Å². The summed E-state index contributed by atoms with van der Waals surface area (Å²) in [6, 6.07) is 2.14. The maximum atomic E-state index is 11.9. The molecular weight excluding hydrogens is 314 g/mol. The topological polar surface area (TPSA) is 116 Å². The van der Waals surface area contributed by atoms with Gasteiger partial charge in [-0.15, -0.1) is 0 Å². The quantitative estimate of drug-likeness (QED) is 0.820. The lowest BCUT2D eigenvalue weighted by Gasteiger charge is -2.04. The second kappa shape index (κ2) is 4.84. The van der Waals surface area contributed by atoms with E-state index in [0.29, 0.717) is 4.74 Å². The molecular formula is C10H8ClNO7S. The summed E-state index contributed by atoms with van der Waals surface area (Å²) in [4.78, 5) is 22.1. The Morgan fingerprint density at radius 1 is 1.50 bits per heavy atom. The highest BCUT2D eigenvalue weighted by atomic mass is 35.7. The highest BCUT2D eigenvalue weighted by Gasteiger charge is 2.22. The smallest absolute Gasteiger partial charge is 0.326 e. The normalized spacial score (nSPS) is 11.7. The number of aromatic nitrogens is 1. The summed E-state index contributed by atoms with van der Waals surface area (Å²) in [5, 5.41) is 8.53. The first-order chi connectivity index (χ1) is 9.24. The monoisotopic (exact) mass is 321 g/mol. The summed E-state index contributed by atoms with van der Waals surface area (Å²) >= 11 is 0. The second-order valence-electron chi connectivity index (χ2n) is 3.76. The number of methoxy groups -OCH3 is 1. The summed E-state index contributed by atoms with van der Waals surface area (Å²) in [6.45, 7) is -0.682. The van der Waals surface area contributed by atoms with Crippen molar-refractivity contribution in [2.75, 3.05) is 7.11 Å². The van der Waals surface area contributed by atoms with Crippen LogP contribution in [0.2, 0.25) is 0 Å². The molecule has 0 aliphatic heterocycles. The summed E-state index contributed by atoms with van der Waals surface area (Å²) in [5.74, 6) is -1.38. The molecule has 2 aromatic rings. The van der Waals surface area contributed by atoms with Crippen LogP contribution in [0.3, 0.4) is 0 Å². The Hall–Kier alpha value is -2.00. The maximum absolute atomic E-state index is 11.9. The van der Waals surface area contributed by atoms with Crippen LogP contribution in [0.4, 0.5) is 0 Å². The molecule has 1 aromatic heterocycles. The van der Waals surface area contributed by atoms with Crippen molar-refractivity contribution in [3.63, 3.8) is 0 Å². The third kappa shape index (κ3) is 2.49. The molecule has 0 atom stereocenters. The fourth-order valence-electron chi connectivity index (χ4n) is 1.66. The van der Waals surface area contributed by atoms with E-state index in [1.54, 1.807) is 0 Å². The van der Waals surface area contributed by atoms with Crippen LogP contribution in [-0.4, -0.2) is 31.3 Å². The standard InChI is InChI=1S/C10H8ClNO7S/c1-18-7-3-6-5(2-8(7)20(11,16)17)10(15)12(19-6)4-9(13)14/h2-3H,4H2,1H3,(H,13,14). The lowest BCUT2D eigenvalue weighted by atomic mass is 10.2. The molecule has 0 fully saturated rings. The molecule has 0 saturated heterocycles. The highest BCUT2D eigenvalue weighted by molar-refractivity contribution is 8.13. The van der Waals surface area contributed by atoms with Gasteiger partial charge in [0.25, 0.3) is 14.6 Å². The molecule has 20 heavy (non-hydrogen) atoms. The van der Waals surface area contributed by atoms with Gasteiger partial charge in [0.2, 0.25) is 0 Å². The van der Waals surface area contributed by atoms with Crippen molar-refractivity contribution in [1.29, 1.82) is 0 Å². The maximum Gasteiger partial charge on any atom is 0.326 e. The number of halogens is 1.